The Morgan fingerprint density at radius 3 is 1.30 bits per heavy atom. The van der Waals surface area contributed by atoms with Gasteiger partial charge >= 0.3 is 0 Å². The van der Waals surface area contributed by atoms with Crippen molar-refractivity contribution in [2.24, 2.45) is 7.05 Å². The Kier molecular flexibility index (Phi) is 24.5. The fourth-order valence-electron chi connectivity index (χ4n) is 14.4. The summed E-state index contributed by atoms with van der Waals surface area (Å²) in [6.07, 6.45) is 17.7. The second kappa shape index (κ2) is 36.9. The number of para-hydroxylation sites is 1. The summed E-state index contributed by atoms with van der Waals surface area (Å²) in [7, 11) is 1.90. The zero-order valence-corrected chi connectivity index (χ0v) is 73.3. The van der Waals surface area contributed by atoms with Gasteiger partial charge < -0.3 is 34.7 Å². The molecule has 0 saturated carbocycles. The van der Waals surface area contributed by atoms with Gasteiger partial charge in [-0.05, 0) is 145 Å². The van der Waals surface area contributed by atoms with E-state index in [0.29, 0.717) is 133 Å². The van der Waals surface area contributed by atoms with Gasteiger partial charge in [-0.15, -0.1) is 56.7 Å². The van der Waals surface area contributed by atoms with E-state index >= 15 is 0 Å². The van der Waals surface area contributed by atoms with E-state index in [1.807, 2.05) is 168 Å². The lowest BCUT2D eigenvalue weighted by Gasteiger charge is -2.36. The van der Waals surface area contributed by atoms with Crippen molar-refractivity contribution in [2.45, 2.75) is 60.7 Å². The molecular weight excluding hydrogens is 1700 g/mol. The van der Waals surface area contributed by atoms with Gasteiger partial charge in [0, 0.05) is 183 Å². The van der Waals surface area contributed by atoms with E-state index in [9.17, 15) is 33.2 Å². The molecule has 1 atom stereocenters. The van der Waals surface area contributed by atoms with Crippen LogP contribution in [0.5, 0.6) is 0 Å². The second-order valence-electron chi connectivity index (χ2n) is 29.5. The van der Waals surface area contributed by atoms with Crippen LogP contribution in [0.15, 0.2) is 248 Å². The normalized spacial score (nSPS) is 12.2. The molecule has 1 amide bonds. The van der Waals surface area contributed by atoms with Crippen LogP contribution >= 0.6 is 56.7 Å². The van der Waals surface area contributed by atoms with Crippen molar-refractivity contribution in [3.05, 3.63) is 308 Å². The van der Waals surface area contributed by atoms with E-state index in [4.69, 9.17) is 4.98 Å². The molecule has 20 heterocycles. The quantitative estimate of drug-likeness (QED) is 0.0715. The lowest BCUT2D eigenvalue weighted by molar-refractivity contribution is 0.0748. The summed E-state index contributed by atoms with van der Waals surface area (Å²) >= 11 is 6.87. The number of aromatic amines is 5. The number of alkyl halides is 1. The lowest BCUT2D eigenvalue weighted by atomic mass is 10.1. The van der Waals surface area contributed by atoms with Crippen LogP contribution in [0.4, 0.5) is 10.1 Å². The van der Waals surface area contributed by atoms with E-state index in [-0.39, 0.29) is 39.7 Å². The van der Waals surface area contributed by atoms with Crippen LogP contribution in [-0.2, 0) is 7.05 Å². The molecule has 1 aromatic carbocycles. The van der Waals surface area contributed by atoms with Crippen molar-refractivity contribution >= 4 is 119 Å². The molecule has 0 aliphatic carbocycles. The third-order valence-electron chi connectivity index (χ3n) is 20.9. The van der Waals surface area contributed by atoms with Crippen LogP contribution in [0, 0.1) is 27.7 Å². The first-order chi connectivity index (χ1) is 61.7. The average Bonchev–Trinajstić information content (AvgIpc) is 1.59. The molecule has 0 spiro atoms. The number of carbonyl (C=O) groups is 1. The Labute approximate surface area is 741 Å². The van der Waals surface area contributed by atoms with Crippen LogP contribution in [0.2, 0.25) is 0 Å². The molecule has 1 fully saturated rings. The summed E-state index contributed by atoms with van der Waals surface area (Å²) in [6, 6.07) is 43.5. The minimum atomic E-state index is -1.11. The number of halogens is 1. The second-order valence-corrected chi connectivity index (χ2v) is 34.6. The van der Waals surface area contributed by atoms with Gasteiger partial charge in [0.1, 0.15) is 63.7 Å². The number of H-pyrrole nitrogens is 5. The fourth-order valence-corrected chi connectivity index (χ4v) is 19.1. The number of nitrogens with one attached hydrogen (secondary N) is 5. The molecule has 1 aliphatic heterocycles. The smallest absolute Gasteiger partial charge is 0.269 e. The number of benzene rings is 1. The highest BCUT2D eigenvalue weighted by molar-refractivity contribution is 7.20. The van der Waals surface area contributed by atoms with E-state index in [0.717, 1.165) is 78.7 Å². The number of pyridine rings is 7. The van der Waals surface area contributed by atoms with Crippen molar-refractivity contribution < 1.29 is 9.18 Å². The van der Waals surface area contributed by atoms with Crippen molar-refractivity contribution in [1.82, 2.24) is 109 Å². The first-order valence-corrected chi connectivity index (χ1v) is 44.3. The number of aryl methyl sites for hydroxylation is 4. The maximum absolute atomic E-state index is 13.6. The molecule has 20 aromatic rings. The number of piperazine rings is 1. The highest BCUT2D eigenvalue weighted by Gasteiger charge is 2.30. The molecule has 1 saturated heterocycles. The van der Waals surface area contributed by atoms with E-state index in [1.165, 1.54) is 75.5 Å². The summed E-state index contributed by atoms with van der Waals surface area (Å²) in [4.78, 5) is 149. The minimum absolute atomic E-state index is 0.0680. The SMILES string of the molecule is CC(F)c1cncc(-c2csc3c(=O)[nH]c(-c4ccccn4)nc23)c1.Cc1c(-c2csc3c(=O)[nH]c(-c4ccccn4)nc23)cnn1C.Cc1nn(C(C)C)cc1-c1csc2c(=O)[nH]c(-c3ccccn3)nc12.Cc1sc2c(=O)[nH]c(-c3ccccn3)nc2c1-c1ccncc1.Cc1sc2c(=O)[nH]c(-c3ccccn3)nc2c1C(=O)N1CCN(c2ccccc2)CC1. The molecule has 29 nitrogen and oxygen atoms in total. The summed E-state index contributed by atoms with van der Waals surface area (Å²) in [6.45, 7) is 16.3. The molecule has 632 valence electrons. The fraction of sp³-hybridized carbons (Fsp3) is 0.152. The first-order valence-electron chi connectivity index (χ1n) is 40.0. The Morgan fingerprint density at radius 1 is 0.433 bits per heavy atom. The molecule has 1 unspecified atom stereocenters. The van der Waals surface area contributed by atoms with Gasteiger partial charge in [-0.3, -0.25) is 73.0 Å². The third kappa shape index (κ3) is 17.7. The van der Waals surface area contributed by atoms with Gasteiger partial charge in [0.25, 0.3) is 33.7 Å². The molecule has 21 rings (SSSR count). The van der Waals surface area contributed by atoms with Crippen LogP contribution in [0.25, 0.3) is 153 Å². The number of aromatic nitrogens is 21. The molecule has 5 N–H and O–H groups in total. The molecule has 35 heteroatoms. The maximum Gasteiger partial charge on any atom is 0.269 e. The van der Waals surface area contributed by atoms with E-state index in [2.05, 4.69) is 121 Å². The standard InChI is InChI=1S/C23H21N5O2S.C18H13FN4OS.C18H17N5OS.C17H12N4OS.C16H13N5OS/c1-15-18(23(30)28-13-11-27(12-14-28)16-7-3-2-4-8-16)19-20(31-15)22(29)26-21(25-19)17-9-5-6-10-24-17;1-10(19)11-6-12(8-20-7-11)13-9-25-16-15(13)22-17(23-18(16)24)14-4-2-3-5-21-14;1-10(2)23-8-12(11(3)22-23)13-9-25-16-15(13)20-17(21-18(16)24)14-6-4-5-7-19-14;1-10-13(11-5-8-18-9-6-11)14-15(23-10)17(22)21-16(20-14)12-4-2-3-7-19-12;1-9-10(7-18-21(9)2)11-8-23-14-13(11)19-15(20-16(14)22)12-5-3-4-6-17-12/h2-10H,11-14H2,1H3,(H,25,26,29);2-10H,1H3,(H,22,23,24);4-10H,1-3H3,(H,20,21,24);2-9H,1H3,(H,20,21,22);3-8H,1-2H3,(H,19,20,22). The van der Waals surface area contributed by atoms with Crippen molar-refractivity contribution in [3.8, 4) is 102 Å². The van der Waals surface area contributed by atoms with Gasteiger partial charge in [0.2, 0.25) is 0 Å². The van der Waals surface area contributed by atoms with Gasteiger partial charge in [-0.1, -0.05) is 48.5 Å². The molecule has 1 aliphatic rings. The zero-order chi connectivity index (χ0) is 88.1. The van der Waals surface area contributed by atoms with Crippen molar-refractivity contribution in [2.75, 3.05) is 31.1 Å². The zero-order valence-electron chi connectivity index (χ0n) is 69.3. The van der Waals surface area contributed by atoms with Gasteiger partial charge in [-0.25, -0.2) is 29.3 Å². The summed E-state index contributed by atoms with van der Waals surface area (Å²) in [5, 5.41) is 14.6. The highest BCUT2D eigenvalue weighted by atomic mass is 32.1. The number of nitrogens with zero attached hydrogens (tertiary/aromatic N) is 18. The molecule has 0 radical (unpaired) electrons. The van der Waals surface area contributed by atoms with E-state index in [1.54, 1.807) is 86.1 Å². The number of carbonyl (C=O) groups excluding carboxylic acids is 1. The third-order valence-corrected chi connectivity index (χ3v) is 26.0. The molecule has 127 heavy (non-hydrogen) atoms. The minimum Gasteiger partial charge on any atom is -0.368 e. The Hall–Kier alpha value is -14.9. The molecule has 19 aromatic heterocycles. The predicted octanol–water partition coefficient (Wildman–Crippen LogP) is 17.4. The Bertz CT molecular complexity index is 7720. The number of thiophene rings is 5. The number of amides is 1. The van der Waals surface area contributed by atoms with Crippen molar-refractivity contribution in [1.29, 1.82) is 0 Å². The Morgan fingerprint density at radius 2 is 0.858 bits per heavy atom. The van der Waals surface area contributed by atoms with Crippen LogP contribution in [0.1, 0.15) is 70.0 Å². The number of hydrogen-bond donors (Lipinski definition) is 5. The number of anilines is 1. The lowest BCUT2D eigenvalue weighted by Crippen LogP contribution is -2.48. The summed E-state index contributed by atoms with van der Waals surface area (Å²) in [5.74, 6) is 2.15. The summed E-state index contributed by atoms with van der Waals surface area (Å²) in [5.41, 5.74) is 16.8. The average molecular weight is 1780 g/mol. The largest absolute Gasteiger partial charge is 0.368 e. The van der Waals surface area contributed by atoms with Crippen LogP contribution in [-0.4, -0.2) is 141 Å². The van der Waals surface area contributed by atoms with Gasteiger partial charge in [0.15, 0.2) is 29.1 Å². The monoisotopic (exact) mass is 1780 g/mol. The van der Waals surface area contributed by atoms with Crippen LogP contribution in [0.3, 0.4) is 0 Å². The first kappa shape index (κ1) is 84.3. The van der Waals surface area contributed by atoms with Gasteiger partial charge in [-0.2, -0.15) is 10.2 Å². The van der Waals surface area contributed by atoms with E-state index < -0.39 is 6.17 Å². The van der Waals surface area contributed by atoms with Crippen molar-refractivity contribution in [3.63, 3.8) is 0 Å². The number of hydrogen-bond acceptors (Lipinski definition) is 26. The Balaban J connectivity index is 0.000000112. The molecular formula is C92H76FN23O6S5. The van der Waals surface area contributed by atoms with Crippen LogP contribution < -0.4 is 32.7 Å². The predicted molar refractivity (Wildman–Crippen MR) is 501 cm³/mol. The number of rotatable bonds is 13. The highest BCUT2D eigenvalue weighted by Crippen LogP contribution is 2.40. The van der Waals surface area contributed by atoms with Gasteiger partial charge in [0.05, 0.1) is 39.5 Å². The number of fused-ring (bicyclic) bond motifs is 5. The topological polar surface area (TPSA) is 378 Å². The summed E-state index contributed by atoms with van der Waals surface area (Å²) < 4.78 is 20.2. The maximum atomic E-state index is 13.6. The molecule has 0 bridgehead atoms.